The maximum Gasteiger partial charge on any atom is 0.175 e. The molecule has 1 aromatic heterocycles. The van der Waals surface area contributed by atoms with Gasteiger partial charge in [0.05, 0.1) is 13.3 Å². The fraction of sp³-hybridized carbons (Fsp3) is 0.286. The lowest BCUT2D eigenvalue weighted by molar-refractivity contribution is 0.422. The number of nitrogens with zero attached hydrogens (tertiary/aromatic N) is 4. The SMILES string of the molecule is CO/C=N/c1c(C#N)cnn1C. The van der Waals surface area contributed by atoms with E-state index in [0.29, 0.717) is 11.4 Å². The number of rotatable bonds is 2. The van der Waals surface area contributed by atoms with Crippen LogP contribution in [0.15, 0.2) is 11.2 Å². The van der Waals surface area contributed by atoms with Gasteiger partial charge in [-0.1, -0.05) is 0 Å². The third kappa shape index (κ3) is 1.42. The minimum atomic E-state index is 0.436. The first-order valence-electron chi connectivity index (χ1n) is 3.27. The molecule has 5 nitrogen and oxygen atoms in total. The van der Waals surface area contributed by atoms with Gasteiger partial charge in [-0.2, -0.15) is 15.4 Å². The van der Waals surface area contributed by atoms with E-state index < -0.39 is 0 Å². The Morgan fingerprint density at radius 2 is 2.58 bits per heavy atom. The van der Waals surface area contributed by atoms with Crippen molar-refractivity contribution in [1.82, 2.24) is 9.78 Å². The summed E-state index contributed by atoms with van der Waals surface area (Å²) in [7, 11) is 3.20. The van der Waals surface area contributed by atoms with Gasteiger partial charge in [-0.15, -0.1) is 0 Å². The summed E-state index contributed by atoms with van der Waals surface area (Å²) in [5.74, 6) is 0.499. The van der Waals surface area contributed by atoms with E-state index in [9.17, 15) is 0 Å². The highest BCUT2D eigenvalue weighted by Crippen LogP contribution is 2.15. The molecule has 0 saturated heterocycles. The molecule has 0 bridgehead atoms. The van der Waals surface area contributed by atoms with Crippen LogP contribution in [0.1, 0.15) is 5.56 Å². The number of aryl methyl sites for hydroxylation is 1. The highest BCUT2D eigenvalue weighted by Gasteiger charge is 2.04. The lowest BCUT2D eigenvalue weighted by atomic mass is 10.4. The minimum Gasteiger partial charge on any atom is -0.486 e. The summed E-state index contributed by atoms with van der Waals surface area (Å²) < 4.78 is 6.14. The Hall–Kier alpha value is -1.83. The van der Waals surface area contributed by atoms with E-state index in [2.05, 4.69) is 14.8 Å². The third-order valence-electron chi connectivity index (χ3n) is 1.31. The fourth-order valence-electron chi connectivity index (χ4n) is 0.766. The van der Waals surface area contributed by atoms with E-state index in [1.165, 1.54) is 24.4 Å². The second-order valence-electron chi connectivity index (χ2n) is 2.09. The molecule has 0 atom stereocenters. The van der Waals surface area contributed by atoms with Crippen molar-refractivity contribution in [2.75, 3.05) is 7.11 Å². The molecule has 0 N–H and O–H groups in total. The van der Waals surface area contributed by atoms with Crippen LogP contribution in [0.5, 0.6) is 0 Å². The monoisotopic (exact) mass is 164 g/mol. The average Bonchev–Trinajstić information content (AvgIpc) is 2.43. The summed E-state index contributed by atoms with van der Waals surface area (Å²) in [5, 5.41) is 12.5. The number of hydrogen-bond acceptors (Lipinski definition) is 4. The summed E-state index contributed by atoms with van der Waals surface area (Å²) in [4.78, 5) is 3.89. The van der Waals surface area contributed by atoms with Crippen LogP contribution in [0, 0.1) is 11.3 Å². The van der Waals surface area contributed by atoms with Gasteiger partial charge in [-0.25, -0.2) is 4.68 Å². The summed E-state index contributed by atoms with van der Waals surface area (Å²) in [6.45, 7) is 0. The van der Waals surface area contributed by atoms with Crippen molar-refractivity contribution < 1.29 is 4.74 Å². The maximum atomic E-state index is 8.61. The van der Waals surface area contributed by atoms with Gasteiger partial charge in [-0.3, -0.25) is 0 Å². The van der Waals surface area contributed by atoms with Crippen molar-refractivity contribution in [3.63, 3.8) is 0 Å². The van der Waals surface area contributed by atoms with Gasteiger partial charge in [0.1, 0.15) is 11.6 Å². The van der Waals surface area contributed by atoms with Gasteiger partial charge in [0.15, 0.2) is 12.2 Å². The van der Waals surface area contributed by atoms with Crippen LogP contribution >= 0.6 is 0 Å². The van der Waals surface area contributed by atoms with Crippen LogP contribution in [0.4, 0.5) is 5.82 Å². The Morgan fingerprint density at radius 3 is 3.17 bits per heavy atom. The molecule has 0 aliphatic heterocycles. The zero-order valence-electron chi connectivity index (χ0n) is 6.85. The molecule has 0 amide bonds. The minimum absolute atomic E-state index is 0.436. The smallest absolute Gasteiger partial charge is 0.175 e. The Balaban J connectivity index is 3.04. The largest absolute Gasteiger partial charge is 0.486 e. The average molecular weight is 164 g/mol. The van der Waals surface area contributed by atoms with E-state index in [1.54, 1.807) is 7.05 Å². The predicted octanol–water partition coefficient (Wildman–Crippen LogP) is 0.598. The predicted molar refractivity (Wildman–Crippen MR) is 43.1 cm³/mol. The number of hydrogen-bond donors (Lipinski definition) is 0. The molecule has 0 aliphatic rings. The molecule has 0 spiro atoms. The highest BCUT2D eigenvalue weighted by atomic mass is 16.5. The zero-order chi connectivity index (χ0) is 8.97. The molecule has 0 radical (unpaired) electrons. The maximum absolute atomic E-state index is 8.61. The molecular formula is C7H8N4O. The van der Waals surface area contributed by atoms with Gasteiger partial charge in [-0.05, 0) is 0 Å². The Kier molecular flexibility index (Phi) is 2.43. The Bertz CT molecular complexity index is 334. The molecule has 5 heteroatoms. The molecule has 1 aromatic rings. The quantitative estimate of drug-likeness (QED) is 0.475. The van der Waals surface area contributed by atoms with E-state index in [0.717, 1.165) is 0 Å². The molecule has 12 heavy (non-hydrogen) atoms. The normalized spacial score (nSPS) is 10.1. The number of aliphatic imine (C=N–C) groups is 1. The van der Waals surface area contributed by atoms with Crippen LogP contribution < -0.4 is 0 Å². The van der Waals surface area contributed by atoms with Crippen molar-refractivity contribution in [1.29, 1.82) is 5.26 Å². The molecular weight excluding hydrogens is 156 g/mol. The summed E-state index contributed by atoms with van der Waals surface area (Å²) in [6.07, 6.45) is 2.72. The van der Waals surface area contributed by atoms with Crippen molar-refractivity contribution in [3.8, 4) is 6.07 Å². The second kappa shape index (κ2) is 3.53. The molecule has 1 rings (SSSR count). The summed E-state index contributed by atoms with van der Waals surface area (Å²) >= 11 is 0. The molecule has 0 aromatic carbocycles. The number of aromatic nitrogens is 2. The number of methoxy groups -OCH3 is 1. The lowest BCUT2D eigenvalue weighted by Crippen LogP contribution is -1.89. The number of ether oxygens (including phenoxy) is 1. The Labute approximate surface area is 69.9 Å². The first kappa shape index (κ1) is 8.27. The summed E-state index contributed by atoms with van der Waals surface area (Å²) in [6, 6.07) is 1.97. The van der Waals surface area contributed by atoms with Gasteiger partial charge >= 0.3 is 0 Å². The second-order valence-corrected chi connectivity index (χ2v) is 2.09. The molecule has 0 saturated carbocycles. The van der Waals surface area contributed by atoms with E-state index >= 15 is 0 Å². The standard InChI is InChI=1S/C7H8N4O/c1-11-7(9-5-12-2)6(3-8)4-10-11/h4-5H,1-2H3/b9-5+. The van der Waals surface area contributed by atoms with Crippen molar-refractivity contribution >= 4 is 12.2 Å². The van der Waals surface area contributed by atoms with Gasteiger partial charge in [0, 0.05) is 7.05 Å². The number of nitriles is 1. The van der Waals surface area contributed by atoms with Crippen molar-refractivity contribution in [2.24, 2.45) is 12.0 Å². The molecule has 0 unspecified atom stereocenters. The third-order valence-corrected chi connectivity index (χ3v) is 1.31. The van der Waals surface area contributed by atoms with Crippen molar-refractivity contribution in [3.05, 3.63) is 11.8 Å². The first-order chi connectivity index (χ1) is 5.79. The van der Waals surface area contributed by atoms with Crippen LogP contribution in [-0.4, -0.2) is 23.3 Å². The molecule has 62 valence electrons. The Morgan fingerprint density at radius 1 is 1.83 bits per heavy atom. The first-order valence-corrected chi connectivity index (χ1v) is 3.27. The van der Waals surface area contributed by atoms with Gasteiger partial charge < -0.3 is 4.74 Å². The van der Waals surface area contributed by atoms with Crippen LogP contribution in [-0.2, 0) is 11.8 Å². The molecule has 0 aliphatic carbocycles. The van der Waals surface area contributed by atoms with Crippen molar-refractivity contribution in [2.45, 2.75) is 0 Å². The highest BCUT2D eigenvalue weighted by molar-refractivity contribution is 5.58. The molecule has 1 heterocycles. The van der Waals surface area contributed by atoms with Crippen LogP contribution in [0.2, 0.25) is 0 Å². The van der Waals surface area contributed by atoms with Gasteiger partial charge in [0.2, 0.25) is 0 Å². The van der Waals surface area contributed by atoms with Gasteiger partial charge in [0.25, 0.3) is 0 Å². The summed E-state index contributed by atoms with van der Waals surface area (Å²) in [5.41, 5.74) is 0.436. The van der Waals surface area contributed by atoms with Crippen LogP contribution in [0.3, 0.4) is 0 Å². The lowest BCUT2D eigenvalue weighted by Gasteiger charge is -1.93. The molecule has 0 fully saturated rings. The zero-order valence-corrected chi connectivity index (χ0v) is 6.85. The van der Waals surface area contributed by atoms with E-state index in [4.69, 9.17) is 5.26 Å². The van der Waals surface area contributed by atoms with Crippen LogP contribution in [0.25, 0.3) is 0 Å². The fourth-order valence-corrected chi connectivity index (χ4v) is 0.766. The topological polar surface area (TPSA) is 63.2 Å². The van der Waals surface area contributed by atoms with E-state index in [1.807, 2.05) is 6.07 Å². The van der Waals surface area contributed by atoms with E-state index in [-0.39, 0.29) is 0 Å².